The lowest BCUT2D eigenvalue weighted by molar-refractivity contribution is 0.244. The van der Waals surface area contributed by atoms with Crippen molar-refractivity contribution in [1.29, 1.82) is 0 Å². The fraction of sp³-hybridized carbons (Fsp3) is 0.538. The lowest BCUT2D eigenvalue weighted by Gasteiger charge is -2.26. The Bertz CT molecular complexity index is 314. The molecule has 96 valence electrons. The van der Waals surface area contributed by atoms with Gasteiger partial charge in [-0.3, -0.25) is 0 Å². The van der Waals surface area contributed by atoms with Gasteiger partial charge in [0.05, 0.1) is 0 Å². The second-order valence-corrected chi connectivity index (χ2v) is 8.01. The van der Waals surface area contributed by atoms with Gasteiger partial charge in [-0.1, -0.05) is 30.3 Å². The molecule has 1 aromatic rings. The van der Waals surface area contributed by atoms with Crippen LogP contribution in [0.15, 0.2) is 30.3 Å². The molecule has 0 spiro atoms. The van der Waals surface area contributed by atoms with E-state index in [2.05, 4.69) is 43.1 Å². The summed E-state index contributed by atoms with van der Waals surface area (Å²) in [5.41, 5.74) is 1.30. The van der Waals surface area contributed by atoms with E-state index in [0.29, 0.717) is 6.04 Å². The van der Waals surface area contributed by atoms with E-state index in [1.54, 1.807) is 14.2 Å². The van der Waals surface area contributed by atoms with Crippen molar-refractivity contribution in [1.82, 2.24) is 5.32 Å². The third-order valence-electron chi connectivity index (χ3n) is 3.04. The lowest BCUT2D eigenvalue weighted by atomic mass is 10.2. The molecular weight excluding hydrogens is 230 g/mol. The van der Waals surface area contributed by atoms with Crippen LogP contribution in [0.4, 0.5) is 0 Å². The second-order valence-electron chi connectivity index (χ2n) is 4.51. The van der Waals surface area contributed by atoms with E-state index in [4.69, 9.17) is 8.85 Å². The average Bonchev–Trinajstić information content (AvgIpc) is 2.37. The van der Waals surface area contributed by atoms with E-state index in [9.17, 15) is 0 Å². The van der Waals surface area contributed by atoms with Crippen LogP contribution in [-0.2, 0) is 15.4 Å². The van der Waals surface area contributed by atoms with Gasteiger partial charge in [0.1, 0.15) is 0 Å². The summed E-state index contributed by atoms with van der Waals surface area (Å²) in [6.07, 6.45) is 0. The molecule has 17 heavy (non-hydrogen) atoms. The van der Waals surface area contributed by atoms with E-state index in [1.165, 1.54) is 5.56 Å². The Morgan fingerprint density at radius 2 is 1.76 bits per heavy atom. The van der Waals surface area contributed by atoms with Crippen molar-refractivity contribution in [3.63, 3.8) is 0 Å². The third kappa shape index (κ3) is 5.00. The largest absolute Gasteiger partial charge is 0.398 e. The maximum Gasteiger partial charge on any atom is 0.335 e. The van der Waals surface area contributed by atoms with Crippen LogP contribution in [0.1, 0.15) is 12.5 Å². The van der Waals surface area contributed by atoms with Crippen LogP contribution in [-0.4, -0.2) is 28.8 Å². The first kappa shape index (κ1) is 14.4. The van der Waals surface area contributed by atoms with Crippen molar-refractivity contribution >= 4 is 8.56 Å². The average molecular weight is 253 g/mol. The zero-order valence-electron chi connectivity index (χ0n) is 11.2. The summed E-state index contributed by atoms with van der Waals surface area (Å²) < 4.78 is 11.0. The molecule has 1 rings (SSSR count). The van der Waals surface area contributed by atoms with Gasteiger partial charge in [0.15, 0.2) is 0 Å². The molecule has 3 nitrogen and oxygen atoms in total. The Balaban J connectivity index is 2.37. The standard InChI is InChI=1S/C13H23NO2Si/c1-12(11-17(4,15-2)16-3)14-10-13-8-6-5-7-9-13/h5-9,12,14H,10-11H2,1-4H3. The fourth-order valence-corrected chi connectivity index (χ4v) is 3.52. The van der Waals surface area contributed by atoms with Gasteiger partial charge in [-0.2, -0.15) is 0 Å². The van der Waals surface area contributed by atoms with E-state index < -0.39 is 8.56 Å². The zero-order valence-corrected chi connectivity index (χ0v) is 12.2. The van der Waals surface area contributed by atoms with Crippen LogP contribution in [0.2, 0.25) is 12.6 Å². The fourth-order valence-electron chi connectivity index (χ4n) is 1.77. The molecule has 1 unspecified atom stereocenters. The summed E-state index contributed by atoms with van der Waals surface area (Å²) in [5.74, 6) is 0. The van der Waals surface area contributed by atoms with Gasteiger partial charge in [-0.05, 0) is 19.0 Å². The van der Waals surface area contributed by atoms with E-state index in [-0.39, 0.29) is 0 Å². The minimum Gasteiger partial charge on any atom is -0.398 e. The molecular formula is C13H23NO2Si. The number of hydrogen-bond acceptors (Lipinski definition) is 3. The molecule has 0 saturated carbocycles. The second kappa shape index (κ2) is 6.91. The number of hydrogen-bond donors (Lipinski definition) is 1. The van der Waals surface area contributed by atoms with Crippen LogP contribution in [0, 0.1) is 0 Å². The van der Waals surface area contributed by atoms with Crippen LogP contribution in [0.5, 0.6) is 0 Å². The van der Waals surface area contributed by atoms with Crippen LogP contribution in [0.3, 0.4) is 0 Å². The molecule has 4 heteroatoms. The van der Waals surface area contributed by atoms with E-state index in [1.807, 2.05) is 6.07 Å². The van der Waals surface area contributed by atoms with Crippen molar-refractivity contribution < 1.29 is 8.85 Å². The smallest absolute Gasteiger partial charge is 0.335 e. The SMILES string of the molecule is CO[Si](C)(CC(C)NCc1ccccc1)OC. The van der Waals surface area contributed by atoms with Crippen molar-refractivity contribution in [3.8, 4) is 0 Å². The molecule has 0 bridgehead atoms. The first-order chi connectivity index (χ1) is 8.09. The molecule has 0 fully saturated rings. The predicted molar refractivity (Wildman–Crippen MR) is 73.2 cm³/mol. The molecule has 0 heterocycles. The van der Waals surface area contributed by atoms with Gasteiger partial charge in [0.2, 0.25) is 0 Å². The van der Waals surface area contributed by atoms with Crippen molar-refractivity contribution in [3.05, 3.63) is 35.9 Å². The minimum atomic E-state index is -1.96. The summed E-state index contributed by atoms with van der Waals surface area (Å²) in [4.78, 5) is 0. The maximum atomic E-state index is 5.49. The molecule has 0 amide bonds. The summed E-state index contributed by atoms with van der Waals surface area (Å²) >= 11 is 0. The molecule has 1 aromatic carbocycles. The Morgan fingerprint density at radius 1 is 1.18 bits per heavy atom. The number of rotatable bonds is 7. The summed E-state index contributed by atoms with van der Waals surface area (Å²) in [7, 11) is 1.51. The molecule has 0 aliphatic heterocycles. The minimum absolute atomic E-state index is 0.395. The van der Waals surface area contributed by atoms with E-state index in [0.717, 1.165) is 12.6 Å². The molecule has 0 radical (unpaired) electrons. The summed E-state index contributed by atoms with van der Waals surface area (Å²) in [6.45, 7) is 5.15. The van der Waals surface area contributed by atoms with Crippen LogP contribution >= 0.6 is 0 Å². The topological polar surface area (TPSA) is 30.5 Å². The highest BCUT2D eigenvalue weighted by molar-refractivity contribution is 6.66. The van der Waals surface area contributed by atoms with Crippen molar-refractivity contribution in [2.75, 3.05) is 14.2 Å². The molecule has 0 aromatic heterocycles. The molecule has 0 aliphatic rings. The van der Waals surface area contributed by atoms with E-state index >= 15 is 0 Å². The Morgan fingerprint density at radius 3 is 2.29 bits per heavy atom. The highest BCUT2D eigenvalue weighted by Gasteiger charge is 2.30. The van der Waals surface area contributed by atoms with Gasteiger partial charge in [0.25, 0.3) is 0 Å². The third-order valence-corrected chi connectivity index (χ3v) is 6.12. The van der Waals surface area contributed by atoms with Crippen LogP contribution in [0.25, 0.3) is 0 Å². The molecule has 1 N–H and O–H groups in total. The number of benzene rings is 1. The highest BCUT2D eigenvalue weighted by Crippen LogP contribution is 2.14. The quantitative estimate of drug-likeness (QED) is 0.758. The van der Waals surface area contributed by atoms with Gasteiger partial charge in [-0.15, -0.1) is 0 Å². The Kier molecular flexibility index (Phi) is 5.84. The first-order valence-corrected chi connectivity index (χ1v) is 8.49. The Labute approximate surface area is 105 Å². The van der Waals surface area contributed by atoms with Gasteiger partial charge < -0.3 is 14.2 Å². The molecule has 0 aliphatic carbocycles. The molecule has 1 atom stereocenters. The summed E-state index contributed by atoms with van der Waals surface area (Å²) in [6, 6.07) is 11.8. The van der Waals surface area contributed by atoms with Gasteiger partial charge >= 0.3 is 8.56 Å². The van der Waals surface area contributed by atoms with Crippen LogP contribution < -0.4 is 5.32 Å². The van der Waals surface area contributed by atoms with Gasteiger partial charge in [-0.25, -0.2) is 0 Å². The predicted octanol–water partition coefficient (Wildman–Crippen LogP) is 2.53. The zero-order chi connectivity index (χ0) is 12.7. The normalized spacial score (nSPS) is 13.6. The Hall–Kier alpha value is -0.683. The summed E-state index contributed by atoms with van der Waals surface area (Å²) in [5, 5.41) is 3.50. The van der Waals surface area contributed by atoms with Gasteiger partial charge in [0, 0.05) is 32.9 Å². The van der Waals surface area contributed by atoms with Crippen molar-refractivity contribution in [2.24, 2.45) is 0 Å². The monoisotopic (exact) mass is 253 g/mol. The first-order valence-electron chi connectivity index (χ1n) is 5.97. The lowest BCUT2D eigenvalue weighted by Crippen LogP contribution is -2.42. The van der Waals surface area contributed by atoms with Crippen molar-refractivity contribution in [2.45, 2.75) is 32.1 Å². The number of nitrogens with one attached hydrogen (secondary N) is 1. The molecule has 0 saturated heterocycles. The highest BCUT2D eigenvalue weighted by atomic mass is 28.4. The maximum absolute atomic E-state index is 5.49.